The van der Waals surface area contributed by atoms with Gasteiger partial charge < -0.3 is 14.9 Å². The van der Waals surface area contributed by atoms with Crippen LogP contribution in [0.3, 0.4) is 0 Å². The van der Waals surface area contributed by atoms with Gasteiger partial charge in [0.15, 0.2) is 0 Å². The minimum absolute atomic E-state index is 0.0211. The zero-order valence-electron chi connectivity index (χ0n) is 11.2. The van der Waals surface area contributed by atoms with E-state index in [1.54, 1.807) is 9.80 Å². The summed E-state index contributed by atoms with van der Waals surface area (Å²) in [6, 6.07) is 0.0563. The Morgan fingerprint density at radius 3 is 2.68 bits per heavy atom. The highest BCUT2D eigenvalue weighted by Gasteiger charge is 2.34. The Kier molecular flexibility index (Phi) is 4.07. The third kappa shape index (κ3) is 3.05. The quantitative estimate of drug-likeness (QED) is 0.799. The lowest BCUT2D eigenvalue weighted by atomic mass is 9.93. The lowest BCUT2D eigenvalue weighted by Crippen LogP contribution is -2.50. The van der Waals surface area contributed by atoms with E-state index in [1.807, 2.05) is 6.92 Å². The van der Waals surface area contributed by atoms with Crippen molar-refractivity contribution in [1.29, 1.82) is 0 Å². The van der Waals surface area contributed by atoms with Crippen molar-refractivity contribution in [2.75, 3.05) is 19.6 Å². The highest BCUT2D eigenvalue weighted by molar-refractivity contribution is 5.86. The molecule has 2 fully saturated rings. The molecule has 0 aromatic heterocycles. The second-order valence-corrected chi connectivity index (χ2v) is 5.43. The van der Waals surface area contributed by atoms with Crippen molar-refractivity contribution in [2.45, 2.75) is 38.6 Å². The zero-order chi connectivity index (χ0) is 14.0. The maximum atomic E-state index is 12.2. The number of carbonyl (C=O) groups excluding carboxylic acids is 2. The van der Waals surface area contributed by atoms with Gasteiger partial charge in [-0.25, -0.2) is 0 Å². The van der Waals surface area contributed by atoms with E-state index in [1.165, 1.54) is 0 Å². The summed E-state index contributed by atoms with van der Waals surface area (Å²) in [5.74, 6) is -1.43. The molecule has 0 aliphatic carbocycles. The average Bonchev–Trinajstić information content (AvgIpc) is 2.75. The van der Waals surface area contributed by atoms with Gasteiger partial charge in [0.05, 0.1) is 12.5 Å². The standard InChI is InChI=1S/C13H20N2O4/c1-9-4-5-10(13(18)19)7-15(9)12(17)8-14-6-2-3-11(14)16/h9-10H,2-8H2,1H3,(H,18,19). The molecular weight excluding hydrogens is 248 g/mol. The summed E-state index contributed by atoms with van der Waals surface area (Å²) in [5, 5.41) is 9.05. The maximum Gasteiger partial charge on any atom is 0.308 e. The second kappa shape index (κ2) is 5.59. The summed E-state index contributed by atoms with van der Waals surface area (Å²) in [5.41, 5.74) is 0. The molecule has 2 aliphatic rings. The van der Waals surface area contributed by atoms with Gasteiger partial charge in [0.2, 0.25) is 11.8 Å². The number of hydrogen-bond acceptors (Lipinski definition) is 3. The first-order valence-electron chi connectivity index (χ1n) is 6.79. The molecule has 0 aromatic carbocycles. The Balaban J connectivity index is 1.96. The number of amides is 2. The number of aliphatic carboxylic acids is 1. The van der Waals surface area contributed by atoms with E-state index in [0.29, 0.717) is 25.8 Å². The molecule has 0 saturated carbocycles. The van der Waals surface area contributed by atoms with E-state index in [2.05, 4.69) is 0 Å². The highest BCUT2D eigenvalue weighted by atomic mass is 16.4. The molecular formula is C13H20N2O4. The smallest absolute Gasteiger partial charge is 0.308 e. The average molecular weight is 268 g/mol. The van der Waals surface area contributed by atoms with Crippen molar-refractivity contribution in [3.8, 4) is 0 Å². The zero-order valence-corrected chi connectivity index (χ0v) is 11.2. The van der Waals surface area contributed by atoms with Crippen molar-refractivity contribution < 1.29 is 19.5 Å². The normalized spacial score (nSPS) is 27.7. The Labute approximate surface area is 112 Å². The molecule has 2 rings (SSSR count). The van der Waals surface area contributed by atoms with Gasteiger partial charge in [0, 0.05) is 25.6 Å². The Bertz CT molecular complexity index is 396. The number of hydrogen-bond donors (Lipinski definition) is 1. The number of carbonyl (C=O) groups is 3. The molecule has 19 heavy (non-hydrogen) atoms. The summed E-state index contributed by atoms with van der Waals surface area (Å²) < 4.78 is 0. The third-order valence-electron chi connectivity index (χ3n) is 4.05. The van der Waals surface area contributed by atoms with Crippen LogP contribution in [0.4, 0.5) is 0 Å². The summed E-state index contributed by atoms with van der Waals surface area (Å²) in [4.78, 5) is 37.9. The van der Waals surface area contributed by atoms with E-state index in [4.69, 9.17) is 5.11 Å². The number of carboxylic acids is 1. The molecule has 2 amide bonds. The lowest BCUT2D eigenvalue weighted by molar-refractivity contribution is -0.148. The fourth-order valence-electron chi connectivity index (χ4n) is 2.78. The van der Waals surface area contributed by atoms with Gasteiger partial charge in [-0.3, -0.25) is 14.4 Å². The van der Waals surface area contributed by atoms with Crippen LogP contribution in [0.5, 0.6) is 0 Å². The second-order valence-electron chi connectivity index (χ2n) is 5.43. The van der Waals surface area contributed by atoms with Crippen LogP contribution in [0.1, 0.15) is 32.6 Å². The Morgan fingerprint density at radius 1 is 1.37 bits per heavy atom. The first-order chi connectivity index (χ1) is 8.99. The van der Waals surface area contributed by atoms with Crippen molar-refractivity contribution in [3.63, 3.8) is 0 Å². The predicted molar refractivity (Wildman–Crippen MR) is 67.3 cm³/mol. The van der Waals surface area contributed by atoms with Crippen LogP contribution in [0.25, 0.3) is 0 Å². The van der Waals surface area contributed by atoms with Gasteiger partial charge in [0.25, 0.3) is 0 Å². The van der Waals surface area contributed by atoms with Gasteiger partial charge in [-0.15, -0.1) is 0 Å². The van der Waals surface area contributed by atoms with E-state index in [0.717, 1.165) is 6.42 Å². The molecule has 0 bridgehead atoms. The molecule has 6 heteroatoms. The van der Waals surface area contributed by atoms with Crippen molar-refractivity contribution in [2.24, 2.45) is 5.92 Å². The maximum absolute atomic E-state index is 12.2. The first kappa shape index (κ1) is 13.8. The number of likely N-dealkylation sites (tertiary alicyclic amines) is 2. The lowest BCUT2D eigenvalue weighted by Gasteiger charge is -2.37. The number of rotatable bonds is 3. The van der Waals surface area contributed by atoms with Crippen LogP contribution in [0.15, 0.2) is 0 Å². The molecule has 2 heterocycles. The number of carboxylic acid groups (broad SMARTS) is 1. The van der Waals surface area contributed by atoms with Crippen LogP contribution >= 0.6 is 0 Å². The summed E-state index contributed by atoms with van der Waals surface area (Å²) in [6.07, 6.45) is 2.64. The van der Waals surface area contributed by atoms with E-state index in [-0.39, 0.29) is 30.9 Å². The fourth-order valence-corrected chi connectivity index (χ4v) is 2.78. The molecule has 106 valence electrons. The third-order valence-corrected chi connectivity index (χ3v) is 4.05. The summed E-state index contributed by atoms with van der Waals surface area (Å²) >= 11 is 0. The van der Waals surface area contributed by atoms with Crippen LogP contribution in [-0.2, 0) is 14.4 Å². The number of nitrogens with zero attached hydrogens (tertiary/aromatic N) is 2. The van der Waals surface area contributed by atoms with Crippen molar-refractivity contribution in [3.05, 3.63) is 0 Å². The molecule has 1 N–H and O–H groups in total. The van der Waals surface area contributed by atoms with Gasteiger partial charge in [-0.1, -0.05) is 0 Å². The molecule has 2 atom stereocenters. The largest absolute Gasteiger partial charge is 0.481 e. The number of piperidine rings is 1. The highest BCUT2D eigenvalue weighted by Crippen LogP contribution is 2.22. The SMILES string of the molecule is CC1CCC(C(=O)O)CN1C(=O)CN1CCCC1=O. The Hall–Kier alpha value is -1.59. The molecule has 6 nitrogen and oxygen atoms in total. The molecule has 0 radical (unpaired) electrons. The first-order valence-corrected chi connectivity index (χ1v) is 6.79. The summed E-state index contributed by atoms with van der Waals surface area (Å²) in [7, 11) is 0. The van der Waals surface area contributed by atoms with E-state index in [9.17, 15) is 14.4 Å². The molecule has 2 unspecified atom stereocenters. The van der Waals surface area contributed by atoms with Crippen molar-refractivity contribution in [1.82, 2.24) is 9.80 Å². The monoisotopic (exact) mass is 268 g/mol. The van der Waals surface area contributed by atoms with Crippen molar-refractivity contribution >= 4 is 17.8 Å². The minimum atomic E-state index is -0.845. The molecule has 2 saturated heterocycles. The van der Waals surface area contributed by atoms with Crippen LogP contribution in [0, 0.1) is 5.92 Å². The topological polar surface area (TPSA) is 77.9 Å². The van der Waals surface area contributed by atoms with Crippen LogP contribution < -0.4 is 0 Å². The van der Waals surface area contributed by atoms with Gasteiger partial charge >= 0.3 is 5.97 Å². The van der Waals surface area contributed by atoms with Crippen LogP contribution in [-0.4, -0.2) is 58.4 Å². The van der Waals surface area contributed by atoms with Gasteiger partial charge in [-0.05, 0) is 26.2 Å². The van der Waals surface area contributed by atoms with E-state index < -0.39 is 11.9 Å². The van der Waals surface area contributed by atoms with Gasteiger partial charge in [0.1, 0.15) is 0 Å². The Morgan fingerprint density at radius 2 is 2.11 bits per heavy atom. The fraction of sp³-hybridized carbons (Fsp3) is 0.769. The molecule has 2 aliphatic heterocycles. The van der Waals surface area contributed by atoms with Gasteiger partial charge in [-0.2, -0.15) is 0 Å². The molecule has 0 aromatic rings. The van der Waals surface area contributed by atoms with Crippen LogP contribution in [0.2, 0.25) is 0 Å². The molecule has 0 spiro atoms. The van der Waals surface area contributed by atoms with E-state index >= 15 is 0 Å². The minimum Gasteiger partial charge on any atom is -0.481 e. The predicted octanol–water partition coefficient (Wildman–Crippen LogP) is 0.320. The summed E-state index contributed by atoms with van der Waals surface area (Å²) in [6.45, 7) is 2.92.